The van der Waals surface area contributed by atoms with Gasteiger partial charge in [-0.25, -0.2) is 96.9 Å². The number of rotatable bonds is 20. The van der Waals surface area contributed by atoms with Gasteiger partial charge < -0.3 is 33.3 Å². The van der Waals surface area contributed by atoms with Crippen LogP contribution < -0.4 is 14.2 Å². The average Bonchev–Trinajstić information content (AvgIpc) is 1.53. The van der Waals surface area contributed by atoms with E-state index >= 15 is 0 Å². The van der Waals surface area contributed by atoms with Crippen LogP contribution in [0.5, 0.6) is 0 Å². The highest BCUT2D eigenvalue weighted by atomic mass is 35.5. The number of carbonyl (C=O) groups excluding carboxylic acids is 3. The van der Waals surface area contributed by atoms with Crippen LogP contribution in [0.4, 0.5) is 13.2 Å². The molecule has 28 nitrogen and oxygen atoms in total. The third kappa shape index (κ3) is 16.4. The lowest BCUT2D eigenvalue weighted by atomic mass is 9.94. The van der Waals surface area contributed by atoms with E-state index in [-0.39, 0.29) is 106 Å². The molecule has 3 aromatic carbocycles. The third-order valence-corrected chi connectivity index (χ3v) is 25.9. The molecule has 8 aromatic rings. The fourth-order valence-electron chi connectivity index (χ4n) is 12.8. The zero-order valence-corrected chi connectivity index (χ0v) is 64.4. The molecule has 0 spiro atoms. The van der Waals surface area contributed by atoms with Crippen LogP contribution in [-0.2, 0) is 58.7 Å². The SMILES string of the molecule is CCOC(=O)C1=C2C[C@H](NS(=O)(=O)C3=NC=CC3)CN2C(c2nccs2)=N[C@H]1c1ccc(F)cc1Cl.CCOC(=O)C1=C2C[C@H](NS(=O)(=O)c3ncco3)CN2C(c2nccs2)=N[C@H]1c1ccc(F)cc1Cl.CCOC(=O)C1=C2C[C@H](NS(=O)(=O)c3nccs3)CN2C(c2nccs2)=N[C@H]1c1ccc(F)cc1Cl. The fraction of sp³-hybridized carbons (Fsp3) is 0.284. The normalized spacial score (nSPS) is 20.4. The van der Waals surface area contributed by atoms with Gasteiger partial charge in [0, 0.05) is 165 Å². The Morgan fingerprint density at radius 1 is 0.509 bits per heavy atom. The molecule has 108 heavy (non-hydrogen) atoms. The number of nitrogens with zero attached hydrogens (tertiary/aromatic N) is 12. The summed E-state index contributed by atoms with van der Waals surface area (Å²) < 4.78 is 147. The van der Waals surface area contributed by atoms with Gasteiger partial charge in [0.05, 0.1) is 42.7 Å². The van der Waals surface area contributed by atoms with Gasteiger partial charge in [0.15, 0.2) is 37.6 Å². The van der Waals surface area contributed by atoms with E-state index < -0.39 is 107 Å². The summed E-state index contributed by atoms with van der Waals surface area (Å²) >= 11 is 24.2. The van der Waals surface area contributed by atoms with Crippen LogP contribution in [0.2, 0.25) is 15.1 Å². The van der Waals surface area contributed by atoms with Crippen LogP contribution in [0.3, 0.4) is 0 Å². The summed E-state index contributed by atoms with van der Waals surface area (Å²) in [6.45, 7) is 6.03. The Balaban J connectivity index is 0.000000143. The largest absolute Gasteiger partial charge is 0.463 e. The molecule has 15 rings (SSSR count). The lowest BCUT2D eigenvalue weighted by molar-refractivity contribution is -0.140. The van der Waals surface area contributed by atoms with Crippen molar-refractivity contribution < 1.29 is 71.4 Å². The second-order valence-corrected chi connectivity index (χ2v) is 33.9. The number of sulfonamides is 3. The number of ether oxygens (including phenoxy) is 3. The molecule has 5 aromatic heterocycles. The first-order valence-electron chi connectivity index (χ1n) is 32.7. The number of nitrogens with one attached hydrogen (secondary N) is 3. The van der Waals surface area contributed by atoms with Crippen molar-refractivity contribution in [2.75, 3.05) is 39.5 Å². The lowest BCUT2D eigenvalue weighted by Crippen LogP contribution is -2.41. The van der Waals surface area contributed by atoms with Gasteiger partial charge >= 0.3 is 23.1 Å². The molecule has 0 aliphatic carbocycles. The number of aliphatic imine (C=N–C) groups is 4. The van der Waals surface area contributed by atoms with Gasteiger partial charge in [-0.3, -0.25) is 15.0 Å². The van der Waals surface area contributed by atoms with Gasteiger partial charge in [-0.15, -0.1) is 45.3 Å². The van der Waals surface area contributed by atoms with Crippen molar-refractivity contribution in [1.82, 2.24) is 53.8 Å². The summed E-state index contributed by atoms with van der Waals surface area (Å²) in [5, 5.41) is 8.58. The zero-order valence-electron chi connectivity index (χ0n) is 56.5. The maximum atomic E-state index is 13.8. The molecular weight excluding hydrogens is 1610 g/mol. The van der Waals surface area contributed by atoms with Gasteiger partial charge in [0.2, 0.25) is 4.34 Å². The van der Waals surface area contributed by atoms with E-state index in [0.29, 0.717) is 66.3 Å². The van der Waals surface area contributed by atoms with E-state index in [2.05, 4.69) is 44.1 Å². The molecule has 564 valence electrons. The fourth-order valence-corrected chi connectivity index (χ4v) is 19.9. The van der Waals surface area contributed by atoms with Gasteiger partial charge in [0.1, 0.15) is 41.8 Å². The van der Waals surface area contributed by atoms with Crippen molar-refractivity contribution in [1.29, 1.82) is 0 Å². The number of amidine groups is 3. The monoisotopic (exact) mass is 1670 g/mol. The second kappa shape index (κ2) is 32.8. The minimum Gasteiger partial charge on any atom is -0.463 e. The molecule has 7 aliphatic rings. The van der Waals surface area contributed by atoms with Crippen molar-refractivity contribution in [2.45, 2.75) is 92.3 Å². The molecule has 0 amide bonds. The number of hydrogen-bond acceptors (Lipinski definition) is 29. The number of benzene rings is 3. The molecule has 3 N–H and O–H groups in total. The van der Waals surface area contributed by atoms with Gasteiger partial charge in [-0.1, -0.05) is 59.1 Å². The maximum absolute atomic E-state index is 13.8. The van der Waals surface area contributed by atoms with Gasteiger partial charge in [-0.05, 0) is 57.2 Å². The van der Waals surface area contributed by atoms with Crippen molar-refractivity contribution in [3.8, 4) is 0 Å². The molecule has 0 bridgehead atoms. The first-order chi connectivity index (χ1) is 51.8. The van der Waals surface area contributed by atoms with Crippen LogP contribution in [0.1, 0.15) is 96.3 Å². The van der Waals surface area contributed by atoms with Crippen molar-refractivity contribution >= 4 is 151 Å². The smallest absolute Gasteiger partial charge is 0.338 e. The first kappa shape index (κ1) is 77.4. The minimum absolute atomic E-state index is 0.0387. The molecule has 0 saturated carbocycles. The highest BCUT2D eigenvalue weighted by Gasteiger charge is 2.48. The molecule has 3 fully saturated rings. The number of aromatic nitrogens is 5. The van der Waals surface area contributed by atoms with E-state index in [1.54, 1.807) is 81.7 Å². The van der Waals surface area contributed by atoms with Crippen molar-refractivity contribution in [3.05, 3.63) is 224 Å². The second-order valence-electron chi connectivity index (χ2n) is 23.9. The number of thiazole rings is 4. The van der Waals surface area contributed by atoms with E-state index in [9.17, 15) is 52.8 Å². The molecule has 0 unspecified atom stereocenters. The number of fused-ring (bicyclic) bond motifs is 3. The topological polar surface area (TPSA) is 354 Å². The Labute approximate surface area is 646 Å². The summed E-state index contributed by atoms with van der Waals surface area (Å²) in [7, 11) is -11.7. The highest BCUT2D eigenvalue weighted by molar-refractivity contribution is 8.04. The molecule has 3 saturated heterocycles. The summed E-state index contributed by atoms with van der Waals surface area (Å²) in [5.74, 6) is -2.02. The number of allylic oxidation sites excluding steroid dienone is 1. The zero-order chi connectivity index (χ0) is 76.3. The van der Waals surface area contributed by atoms with Crippen LogP contribution in [0.15, 0.2) is 193 Å². The van der Waals surface area contributed by atoms with Crippen LogP contribution in [-0.4, -0.2) is 163 Å². The molecular formula is C67H59Cl3F3N15O13S7. The number of hydrogen-bond donors (Lipinski definition) is 3. The van der Waals surface area contributed by atoms with Crippen molar-refractivity contribution in [3.63, 3.8) is 0 Å². The van der Waals surface area contributed by atoms with Gasteiger partial charge in [0.25, 0.3) is 30.1 Å². The predicted molar refractivity (Wildman–Crippen MR) is 397 cm³/mol. The first-order valence-corrected chi connectivity index (χ1v) is 41.8. The molecule has 0 radical (unpaired) electrons. The van der Waals surface area contributed by atoms with Crippen LogP contribution >= 0.6 is 80.1 Å². The molecule has 41 heteroatoms. The molecule has 6 atom stereocenters. The summed E-state index contributed by atoms with van der Waals surface area (Å²) in [6, 6.07) is 7.18. The van der Waals surface area contributed by atoms with E-state index in [4.69, 9.17) is 68.4 Å². The Hall–Kier alpha value is -8.77. The van der Waals surface area contributed by atoms with E-state index in [1.165, 1.54) is 89.0 Å². The summed E-state index contributed by atoms with van der Waals surface area (Å²) in [4.78, 5) is 84.1. The van der Waals surface area contributed by atoms with Gasteiger partial charge in [-0.2, -0.15) is 0 Å². The third-order valence-electron chi connectivity index (χ3n) is 17.1. The van der Waals surface area contributed by atoms with Crippen molar-refractivity contribution in [2.24, 2.45) is 20.0 Å². The standard InChI is InChI=1S/C23H21ClFN5O4S2.C22H19ClFN5O5S2.C22H19ClFN5O4S3/c1-2-34-23(31)19-17-11-14(29-36(32,33)18-4-3-7-26-18)12-30(17)21(22-27-8-9-35-22)28-20(19)15-6-5-13(25)10-16(15)24;1-2-33-21(30)17-16-10-13(28-36(31,32)22-26-5-7-34-22)11-29(16)19(20-25-6-8-35-20)27-18(17)14-4-3-12(24)9-15(14)23;1-2-33-21(30)17-16-10-13(28-36(31,32)22-26-6-8-35-22)11-29(16)19(20-25-5-7-34-20)27-18(17)14-4-3-12(24)9-15(14)23/h3,5-10,14,20,29H,2,4,11-12H2,1H3;2*3-9,13,18,28H,2,10-11H2,1H3/t14-,20-;2*13-,18-/m000/s1. The highest BCUT2D eigenvalue weighted by Crippen LogP contribution is 2.47. The number of esters is 3. The molecule has 12 heterocycles. The Kier molecular flexibility index (Phi) is 23.5. The number of oxazole rings is 1. The number of halogens is 6. The quantitative estimate of drug-likeness (QED) is 0.0471. The lowest BCUT2D eigenvalue weighted by Gasteiger charge is -2.31. The minimum atomic E-state index is -4.05. The Morgan fingerprint density at radius 3 is 1.19 bits per heavy atom. The number of carbonyl (C=O) groups is 3. The molecule has 7 aliphatic heterocycles. The van der Waals surface area contributed by atoms with Crippen LogP contribution in [0, 0.1) is 17.5 Å². The Bertz CT molecular complexity index is 5180. The van der Waals surface area contributed by atoms with E-state index in [1.807, 2.05) is 0 Å². The summed E-state index contributed by atoms with van der Waals surface area (Å²) in [6.07, 6.45) is 12.6. The predicted octanol–water partition coefficient (Wildman–Crippen LogP) is 10.6. The average molecular weight is 1670 g/mol. The van der Waals surface area contributed by atoms with Crippen LogP contribution in [0.25, 0.3) is 0 Å². The summed E-state index contributed by atoms with van der Waals surface area (Å²) in [5.41, 5.74) is 3.53. The maximum Gasteiger partial charge on any atom is 0.338 e. The van der Waals surface area contributed by atoms with E-state index in [0.717, 1.165) is 35.8 Å². The Morgan fingerprint density at radius 2 is 0.880 bits per heavy atom.